The lowest BCUT2D eigenvalue weighted by Crippen LogP contribution is -2.35. The summed E-state index contributed by atoms with van der Waals surface area (Å²) in [5, 5.41) is 3.25. The minimum absolute atomic E-state index is 0.262. The topological polar surface area (TPSA) is 38.0 Å². The van der Waals surface area contributed by atoms with E-state index < -0.39 is 0 Å². The van der Waals surface area contributed by atoms with Crippen LogP contribution in [0.5, 0.6) is 0 Å². The molecule has 0 atom stereocenters. The molecule has 0 aromatic heterocycles. The highest BCUT2D eigenvalue weighted by atomic mass is 32.2. The van der Waals surface area contributed by atoms with Gasteiger partial charge in [-0.3, -0.25) is 0 Å². The van der Waals surface area contributed by atoms with E-state index in [0.29, 0.717) is 11.4 Å². The van der Waals surface area contributed by atoms with Crippen LogP contribution in [-0.2, 0) is 0 Å². The van der Waals surface area contributed by atoms with Crippen molar-refractivity contribution in [3.8, 4) is 0 Å². The molecule has 0 radical (unpaired) electrons. The van der Waals surface area contributed by atoms with Crippen molar-refractivity contribution in [1.82, 2.24) is 0 Å². The zero-order valence-electron chi connectivity index (χ0n) is 10.8. The normalized spacial score (nSPS) is 18.6. The summed E-state index contributed by atoms with van der Waals surface area (Å²) < 4.78 is 14.0. The van der Waals surface area contributed by atoms with Gasteiger partial charge in [0.05, 0.1) is 5.69 Å². The molecule has 0 amide bonds. The van der Waals surface area contributed by atoms with E-state index in [1.165, 1.54) is 38.2 Å². The molecule has 18 heavy (non-hydrogen) atoms. The second-order valence-corrected chi connectivity index (χ2v) is 6.31. The molecule has 1 fully saturated rings. The summed E-state index contributed by atoms with van der Waals surface area (Å²) in [5.74, 6) is -0.262. The van der Waals surface area contributed by atoms with Crippen LogP contribution in [-0.4, -0.2) is 17.5 Å². The van der Waals surface area contributed by atoms with Crippen LogP contribution in [0.2, 0.25) is 0 Å². The molecule has 1 aromatic rings. The van der Waals surface area contributed by atoms with Gasteiger partial charge < -0.3 is 11.1 Å². The Hall–Kier alpha value is -0.900. The van der Waals surface area contributed by atoms with E-state index in [9.17, 15) is 4.39 Å². The third-order valence-electron chi connectivity index (χ3n) is 3.79. The van der Waals surface area contributed by atoms with E-state index >= 15 is 0 Å². The molecule has 1 aromatic carbocycles. The largest absolute Gasteiger partial charge is 0.399 e. The Morgan fingerprint density at radius 3 is 2.67 bits per heavy atom. The quantitative estimate of drug-likeness (QED) is 0.814. The number of benzene rings is 1. The molecule has 1 aliphatic carbocycles. The van der Waals surface area contributed by atoms with Crippen LogP contribution in [0.15, 0.2) is 18.2 Å². The van der Waals surface area contributed by atoms with Crippen molar-refractivity contribution in [2.45, 2.75) is 36.9 Å². The first-order valence-corrected chi connectivity index (χ1v) is 7.72. The predicted octanol–water partition coefficient (Wildman–Crippen LogP) is 3.89. The van der Waals surface area contributed by atoms with Gasteiger partial charge in [0.1, 0.15) is 5.82 Å². The second kappa shape index (κ2) is 5.83. The minimum Gasteiger partial charge on any atom is -0.399 e. The number of nitrogens with one attached hydrogen (secondary N) is 1. The minimum atomic E-state index is -0.262. The number of nitrogen functional groups attached to an aromatic ring is 1. The number of anilines is 2. The number of nitrogens with two attached hydrogens (primary N) is 1. The van der Waals surface area contributed by atoms with Crippen molar-refractivity contribution in [3.63, 3.8) is 0 Å². The molecule has 100 valence electrons. The summed E-state index contributed by atoms with van der Waals surface area (Å²) in [7, 11) is 0. The van der Waals surface area contributed by atoms with Gasteiger partial charge >= 0.3 is 0 Å². The average molecular weight is 268 g/mol. The van der Waals surface area contributed by atoms with Gasteiger partial charge in [0.25, 0.3) is 0 Å². The summed E-state index contributed by atoms with van der Waals surface area (Å²) in [5.41, 5.74) is 6.57. The molecule has 2 nitrogen and oxygen atoms in total. The highest BCUT2D eigenvalue weighted by Crippen LogP contribution is 2.38. The average Bonchev–Trinajstić information content (AvgIpc) is 2.39. The fraction of sp³-hybridized carbons (Fsp3) is 0.571. The maximum Gasteiger partial charge on any atom is 0.148 e. The Kier molecular flexibility index (Phi) is 4.38. The number of halogens is 1. The molecule has 0 bridgehead atoms. The Morgan fingerprint density at radius 2 is 2.06 bits per heavy atom. The lowest BCUT2D eigenvalue weighted by atomic mass is 9.88. The molecule has 0 spiro atoms. The molecule has 3 N–H and O–H groups in total. The van der Waals surface area contributed by atoms with Crippen molar-refractivity contribution >= 4 is 23.1 Å². The molecule has 0 aliphatic heterocycles. The van der Waals surface area contributed by atoms with Crippen LogP contribution in [0.1, 0.15) is 32.1 Å². The lowest BCUT2D eigenvalue weighted by Gasteiger charge is -2.36. The van der Waals surface area contributed by atoms with Crippen molar-refractivity contribution in [3.05, 3.63) is 24.0 Å². The first-order chi connectivity index (χ1) is 8.65. The molecular formula is C14H21FN2S. The smallest absolute Gasteiger partial charge is 0.148 e. The Balaban J connectivity index is 2.01. The third kappa shape index (κ3) is 3.10. The third-order valence-corrected chi connectivity index (χ3v) is 5.21. The Labute approximate surface area is 113 Å². The monoisotopic (exact) mass is 268 g/mol. The maximum absolute atomic E-state index is 13.7. The van der Waals surface area contributed by atoms with E-state index in [0.717, 1.165) is 6.54 Å². The van der Waals surface area contributed by atoms with Crippen molar-refractivity contribution in [2.24, 2.45) is 0 Å². The molecule has 0 saturated heterocycles. The highest BCUT2D eigenvalue weighted by molar-refractivity contribution is 8.00. The first kappa shape index (κ1) is 13.5. The van der Waals surface area contributed by atoms with Gasteiger partial charge in [0.2, 0.25) is 0 Å². The van der Waals surface area contributed by atoms with Crippen LogP contribution in [0.3, 0.4) is 0 Å². The zero-order chi connectivity index (χ0) is 13.0. The molecular weight excluding hydrogens is 247 g/mol. The van der Waals surface area contributed by atoms with Gasteiger partial charge in [-0.2, -0.15) is 11.8 Å². The van der Waals surface area contributed by atoms with Crippen LogP contribution in [0.25, 0.3) is 0 Å². The molecule has 1 aliphatic rings. The summed E-state index contributed by atoms with van der Waals surface area (Å²) in [6.45, 7) is 0.828. The predicted molar refractivity (Wildman–Crippen MR) is 78.6 cm³/mol. The number of rotatable bonds is 4. The van der Waals surface area contributed by atoms with Gasteiger partial charge in [-0.15, -0.1) is 0 Å². The van der Waals surface area contributed by atoms with Crippen LogP contribution < -0.4 is 11.1 Å². The fourth-order valence-electron chi connectivity index (χ4n) is 2.58. The van der Waals surface area contributed by atoms with E-state index in [2.05, 4.69) is 11.6 Å². The van der Waals surface area contributed by atoms with E-state index in [1.54, 1.807) is 12.1 Å². The number of hydrogen-bond acceptors (Lipinski definition) is 3. The van der Waals surface area contributed by atoms with Gasteiger partial charge in [-0.1, -0.05) is 19.3 Å². The molecule has 4 heteroatoms. The van der Waals surface area contributed by atoms with E-state index in [4.69, 9.17) is 5.73 Å². The lowest BCUT2D eigenvalue weighted by molar-refractivity contribution is 0.411. The Morgan fingerprint density at radius 1 is 1.33 bits per heavy atom. The second-order valence-electron chi connectivity index (χ2n) is 5.04. The summed E-state index contributed by atoms with van der Waals surface area (Å²) in [4.78, 5) is 0. The van der Waals surface area contributed by atoms with Crippen LogP contribution in [0.4, 0.5) is 15.8 Å². The Bertz CT molecular complexity index is 403. The molecule has 0 heterocycles. The van der Waals surface area contributed by atoms with Crippen molar-refractivity contribution < 1.29 is 4.39 Å². The highest BCUT2D eigenvalue weighted by Gasteiger charge is 2.30. The SMILES string of the molecule is CSC1(CNc2ccc(N)cc2F)CCCCC1. The van der Waals surface area contributed by atoms with Gasteiger partial charge in [-0.25, -0.2) is 4.39 Å². The molecule has 0 unspecified atom stereocenters. The van der Waals surface area contributed by atoms with Gasteiger partial charge in [-0.05, 0) is 37.3 Å². The van der Waals surface area contributed by atoms with Crippen LogP contribution >= 0.6 is 11.8 Å². The summed E-state index contributed by atoms with van der Waals surface area (Å²) in [6, 6.07) is 4.83. The molecule has 2 rings (SSSR count). The van der Waals surface area contributed by atoms with Crippen molar-refractivity contribution in [1.29, 1.82) is 0 Å². The molecule has 1 saturated carbocycles. The van der Waals surface area contributed by atoms with E-state index in [1.807, 2.05) is 11.8 Å². The number of hydrogen-bond donors (Lipinski definition) is 2. The van der Waals surface area contributed by atoms with Gasteiger partial charge in [0.15, 0.2) is 0 Å². The van der Waals surface area contributed by atoms with Crippen molar-refractivity contribution in [2.75, 3.05) is 23.9 Å². The summed E-state index contributed by atoms with van der Waals surface area (Å²) in [6.07, 6.45) is 8.50. The fourth-order valence-corrected chi connectivity index (χ4v) is 3.49. The summed E-state index contributed by atoms with van der Waals surface area (Å²) >= 11 is 1.91. The van der Waals surface area contributed by atoms with E-state index in [-0.39, 0.29) is 10.6 Å². The zero-order valence-corrected chi connectivity index (χ0v) is 11.7. The number of thioether (sulfide) groups is 1. The van der Waals surface area contributed by atoms with Gasteiger partial charge in [0, 0.05) is 17.0 Å². The first-order valence-electron chi connectivity index (χ1n) is 6.49. The van der Waals surface area contributed by atoms with Crippen LogP contribution in [0, 0.1) is 5.82 Å². The maximum atomic E-state index is 13.7. The standard InChI is InChI=1S/C14H21FN2S/c1-18-14(7-3-2-4-8-14)10-17-13-6-5-11(16)9-12(13)15/h5-6,9,17H,2-4,7-8,10,16H2,1H3.